The summed E-state index contributed by atoms with van der Waals surface area (Å²) in [5, 5.41) is 0.252. The van der Waals surface area contributed by atoms with Crippen LogP contribution < -0.4 is 11.2 Å². The van der Waals surface area contributed by atoms with E-state index in [1.54, 1.807) is 11.6 Å². The summed E-state index contributed by atoms with van der Waals surface area (Å²) in [4.78, 5) is 28.5. The zero-order valence-electron chi connectivity index (χ0n) is 12.0. The zero-order valence-corrected chi connectivity index (χ0v) is 12.8. The Kier molecular flexibility index (Phi) is 3.49. The summed E-state index contributed by atoms with van der Waals surface area (Å²) in [6.07, 6.45) is 7.64. The van der Waals surface area contributed by atoms with Crippen LogP contribution in [-0.4, -0.2) is 18.7 Å². The third-order valence-corrected chi connectivity index (χ3v) is 4.36. The molecule has 0 amide bonds. The minimum absolute atomic E-state index is 0.252. The standard InChI is InChI=1S/C14H17ClN4O2/c1-17-11-10(12(20)18(2)14(17)21)19(13(15)16-11)8-9-6-4-3-5-7-9/h4,6,9H,3,5,7-8H2,1-2H3. The monoisotopic (exact) mass is 308 g/mol. The van der Waals surface area contributed by atoms with E-state index in [0.29, 0.717) is 23.6 Å². The van der Waals surface area contributed by atoms with Gasteiger partial charge in [-0.2, -0.15) is 4.98 Å². The van der Waals surface area contributed by atoms with E-state index in [-0.39, 0.29) is 10.8 Å². The van der Waals surface area contributed by atoms with Gasteiger partial charge in [0.1, 0.15) is 0 Å². The maximum Gasteiger partial charge on any atom is 0.332 e. The van der Waals surface area contributed by atoms with Crippen LogP contribution in [0, 0.1) is 5.92 Å². The van der Waals surface area contributed by atoms with Crippen LogP contribution in [0.25, 0.3) is 11.2 Å². The Morgan fingerprint density at radius 3 is 2.76 bits per heavy atom. The topological polar surface area (TPSA) is 61.8 Å². The zero-order chi connectivity index (χ0) is 15.1. The van der Waals surface area contributed by atoms with Gasteiger partial charge in [0, 0.05) is 20.6 Å². The van der Waals surface area contributed by atoms with Crippen LogP contribution in [0.1, 0.15) is 19.3 Å². The first-order valence-corrected chi connectivity index (χ1v) is 7.37. The molecule has 1 aliphatic carbocycles. The molecular weight excluding hydrogens is 292 g/mol. The Morgan fingerprint density at radius 1 is 1.33 bits per heavy atom. The highest BCUT2D eigenvalue weighted by Gasteiger charge is 2.20. The molecule has 3 rings (SSSR count). The van der Waals surface area contributed by atoms with Crippen LogP contribution in [0.3, 0.4) is 0 Å². The summed E-state index contributed by atoms with van der Waals surface area (Å²) >= 11 is 6.20. The average Bonchev–Trinajstić information content (AvgIpc) is 2.81. The Labute approximate surface area is 126 Å². The second-order valence-electron chi connectivity index (χ2n) is 5.49. The van der Waals surface area contributed by atoms with E-state index in [2.05, 4.69) is 17.1 Å². The SMILES string of the molecule is Cn1c(=O)c2c(nc(Cl)n2CC2C=CCCC2)n(C)c1=O. The molecule has 0 saturated heterocycles. The molecule has 0 bridgehead atoms. The summed E-state index contributed by atoms with van der Waals surface area (Å²) in [6.45, 7) is 0.610. The first kappa shape index (κ1) is 14.1. The minimum atomic E-state index is -0.397. The molecule has 1 unspecified atom stereocenters. The van der Waals surface area contributed by atoms with Gasteiger partial charge >= 0.3 is 5.69 Å². The summed E-state index contributed by atoms with van der Waals surface area (Å²) in [7, 11) is 3.06. The van der Waals surface area contributed by atoms with Crippen LogP contribution in [0.4, 0.5) is 0 Å². The van der Waals surface area contributed by atoms with Gasteiger partial charge in [0.05, 0.1) is 0 Å². The molecule has 21 heavy (non-hydrogen) atoms. The van der Waals surface area contributed by atoms with Crippen molar-refractivity contribution in [1.29, 1.82) is 0 Å². The van der Waals surface area contributed by atoms with Crippen LogP contribution in [0.2, 0.25) is 5.28 Å². The fourth-order valence-corrected chi connectivity index (χ4v) is 3.09. The lowest BCUT2D eigenvalue weighted by Crippen LogP contribution is -2.37. The van der Waals surface area contributed by atoms with Gasteiger partial charge in [-0.1, -0.05) is 12.2 Å². The molecule has 0 saturated carbocycles. The van der Waals surface area contributed by atoms with E-state index in [1.165, 1.54) is 11.6 Å². The van der Waals surface area contributed by atoms with Crippen LogP contribution in [0.15, 0.2) is 21.7 Å². The quantitative estimate of drug-likeness (QED) is 0.623. The molecule has 2 aromatic heterocycles. The molecule has 1 aliphatic rings. The molecule has 0 fully saturated rings. The molecule has 0 spiro atoms. The van der Waals surface area contributed by atoms with Crippen molar-refractivity contribution < 1.29 is 0 Å². The third-order valence-electron chi connectivity index (χ3n) is 4.07. The van der Waals surface area contributed by atoms with Gasteiger partial charge in [-0.05, 0) is 36.8 Å². The van der Waals surface area contributed by atoms with Crippen molar-refractivity contribution >= 4 is 22.8 Å². The highest BCUT2D eigenvalue weighted by molar-refractivity contribution is 6.29. The average molecular weight is 309 g/mol. The Hall–Kier alpha value is -1.82. The summed E-state index contributed by atoms with van der Waals surface area (Å²) in [5.74, 6) is 0.343. The van der Waals surface area contributed by atoms with Crippen molar-refractivity contribution in [3.63, 3.8) is 0 Å². The minimum Gasteiger partial charge on any atom is -0.308 e. The predicted molar refractivity (Wildman–Crippen MR) is 81.7 cm³/mol. The van der Waals surface area contributed by atoms with Gasteiger partial charge < -0.3 is 4.57 Å². The van der Waals surface area contributed by atoms with Crippen LogP contribution >= 0.6 is 11.6 Å². The van der Waals surface area contributed by atoms with Gasteiger partial charge in [0.25, 0.3) is 5.56 Å². The fourth-order valence-electron chi connectivity index (χ4n) is 2.86. The molecule has 0 aromatic carbocycles. The number of aryl methyl sites for hydroxylation is 1. The Balaban J connectivity index is 2.21. The largest absolute Gasteiger partial charge is 0.332 e. The molecule has 6 nitrogen and oxygen atoms in total. The smallest absolute Gasteiger partial charge is 0.308 e. The molecule has 2 aromatic rings. The maximum atomic E-state index is 12.4. The van der Waals surface area contributed by atoms with Gasteiger partial charge in [0.2, 0.25) is 5.28 Å². The van der Waals surface area contributed by atoms with Gasteiger partial charge in [0.15, 0.2) is 11.2 Å². The predicted octanol–water partition coefficient (Wildman–Crippen LogP) is 1.44. The number of halogens is 1. The number of fused-ring (bicyclic) bond motifs is 1. The highest BCUT2D eigenvalue weighted by Crippen LogP contribution is 2.23. The normalized spacial score (nSPS) is 18.5. The fraction of sp³-hybridized carbons (Fsp3) is 0.500. The van der Waals surface area contributed by atoms with Crippen molar-refractivity contribution in [3.05, 3.63) is 38.3 Å². The van der Waals surface area contributed by atoms with Crippen molar-refractivity contribution in [2.24, 2.45) is 20.0 Å². The first-order valence-electron chi connectivity index (χ1n) is 6.99. The maximum absolute atomic E-state index is 12.4. The number of hydrogen-bond donors (Lipinski definition) is 0. The summed E-state index contributed by atoms with van der Waals surface area (Å²) < 4.78 is 4.17. The van der Waals surface area contributed by atoms with E-state index in [0.717, 1.165) is 23.8 Å². The van der Waals surface area contributed by atoms with Gasteiger partial charge in [-0.15, -0.1) is 0 Å². The van der Waals surface area contributed by atoms with E-state index < -0.39 is 5.69 Å². The molecule has 1 atom stereocenters. The van der Waals surface area contributed by atoms with Crippen LogP contribution in [-0.2, 0) is 20.6 Å². The number of aromatic nitrogens is 4. The molecular formula is C14H17ClN4O2. The second-order valence-corrected chi connectivity index (χ2v) is 5.83. The molecule has 112 valence electrons. The molecule has 0 radical (unpaired) electrons. The number of hydrogen-bond acceptors (Lipinski definition) is 3. The lowest BCUT2D eigenvalue weighted by molar-refractivity contribution is 0.471. The first-order chi connectivity index (χ1) is 10.0. The number of allylic oxidation sites excluding steroid dienone is 2. The van der Waals surface area contributed by atoms with Crippen LogP contribution in [0.5, 0.6) is 0 Å². The van der Waals surface area contributed by atoms with Gasteiger partial charge in [-0.25, -0.2) is 4.79 Å². The number of nitrogens with zero attached hydrogens (tertiary/aromatic N) is 4. The molecule has 0 N–H and O–H groups in total. The molecule has 7 heteroatoms. The van der Waals surface area contributed by atoms with Crippen molar-refractivity contribution in [2.75, 3.05) is 0 Å². The van der Waals surface area contributed by atoms with E-state index in [4.69, 9.17) is 11.6 Å². The number of imidazole rings is 1. The van der Waals surface area contributed by atoms with E-state index in [1.807, 2.05) is 0 Å². The summed E-state index contributed by atoms with van der Waals surface area (Å²) in [5.41, 5.74) is -0.0184. The third kappa shape index (κ3) is 2.23. The van der Waals surface area contributed by atoms with Crippen molar-refractivity contribution in [1.82, 2.24) is 18.7 Å². The molecule has 0 aliphatic heterocycles. The summed E-state index contributed by atoms with van der Waals surface area (Å²) in [6, 6.07) is 0. The van der Waals surface area contributed by atoms with Gasteiger partial charge in [-0.3, -0.25) is 13.9 Å². The van der Waals surface area contributed by atoms with Crippen molar-refractivity contribution in [3.8, 4) is 0 Å². The lowest BCUT2D eigenvalue weighted by atomic mass is 9.96. The highest BCUT2D eigenvalue weighted by atomic mass is 35.5. The Bertz CT molecular complexity index is 843. The molecule has 2 heterocycles. The lowest BCUT2D eigenvalue weighted by Gasteiger charge is -2.17. The Morgan fingerprint density at radius 2 is 2.10 bits per heavy atom. The number of rotatable bonds is 2. The van der Waals surface area contributed by atoms with Crippen molar-refractivity contribution in [2.45, 2.75) is 25.8 Å². The van der Waals surface area contributed by atoms with E-state index in [9.17, 15) is 9.59 Å². The van der Waals surface area contributed by atoms with E-state index >= 15 is 0 Å². The second kappa shape index (κ2) is 5.18.